The Balaban J connectivity index is 2.57. The molecule has 0 bridgehead atoms. The largest absolute Gasteiger partial charge is 0.480 e. The molecule has 0 radical (unpaired) electrons. The van der Waals surface area contributed by atoms with Crippen LogP contribution in [0.1, 0.15) is 0 Å². The van der Waals surface area contributed by atoms with Gasteiger partial charge in [0, 0.05) is 5.02 Å². The number of nitrogens with zero attached hydrogens (tertiary/aromatic N) is 1. The predicted octanol–water partition coefficient (Wildman–Crippen LogP) is 3.27. The minimum atomic E-state index is -4.13. The van der Waals surface area contributed by atoms with Crippen LogP contribution in [0, 0.1) is 0 Å². The van der Waals surface area contributed by atoms with Gasteiger partial charge in [-0.15, -0.1) is 0 Å². The lowest BCUT2D eigenvalue weighted by Gasteiger charge is -2.23. The number of hydrogen-bond acceptors (Lipinski definition) is 3. The Kier molecular flexibility index (Phi) is 4.95. The molecular weight excluding hydrogens is 349 g/mol. The van der Waals surface area contributed by atoms with E-state index in [4.69, 9.17) is 28.3 Å². The van der Waals surface area contributed by atoms with Crippen molar-refractivity contribution in [3.05, 3.63) is 58.6 Å². The van der Waals surface area contributed by atoms with Crippen molar-refractivity contribution in [2.24, 2.45) is 0 Å². The molecule has 0 aromatic heterocycles. The summed E-state index contributed by atoms with van der Waals surface area (Å²) in [4.78, 5) is 10.8. The third kappa shape index (κ3) is 3.52. The van der Waals surface area contributed by atoms with Crippen molar-refractivity contribution in [3.8, 4) is 0 Å². The molecule has 2 aromatic rings. The van der Waals surface area contributed by atoms with Crippen molar-refractivity contribution < 1.29 is 18.3 Å². The molecular formula is C14H11Cl2NO4S. The van der Waals surface area contributed by atoms with Crippen LogP contribution in [0.3, 0.4) is 0 Å². The molecule has 0 saturated carbocycles. The van der Waals surface area contributed by atoms with Gasteiger partial charge in [0.05, 0.1) is 10.7 Å². The Morgan fingerprint density at radius 3 is 2.27 bits per heavy atom. The zero-order valence-electron chi connectivity index (χ0n) is 11.1. The molecule has 116 valence electrons. The number of benzene rings is 2. The number of halogens is 2. The van der Waals surface area contributed by atoms with E-state index < -0.39 is 22.5 Å². The Morgan fingerprint density at radius 1 is 1.09 bits per heavy atom. The van der Waals surface area contributed by atoms with Gasteiger partial charge in [0.1, 0.15) is 11.4 Å². The zero-order valence-corrected chi connectivity index (χ0v) is 13.4. The quantitative estimate of drug-likeness (QED) is 0.888. The van der Waals surface area contributed by atoms with E-state index in [9.17, 15) is 13.2 Å². The fraction of sp³-hybridized carbons (Fsp3) is 0.0714. The van der Waals surface area contributed by atoms with Crippen molar-refractivity contribution in [2.75, 3.05) is 10.8 Å². The molecule has 0 aliphatic rings. The Hall–Kier alpha value is -1.76. The lowest BCUT2D eigenvalue weighted by Crippen LogP contribution is -2.35. The average Bonchev–Trinajstić information content (AvgIpc) is 2.45. The summed E-state index contributed by atoms with van der Waals surface area (Å²) in [5.74, 6) is -1.28. The van der Waals surface area contributed by atoms with Crippen LogP contribution in [0.15, 0.2) is 53.4 Å². The summed E-state index contributed by atoms with van der Waals surface area (Å²) in [6.07, 6.45) is 0. The van der Waals surface area contributed by atoms with Gasteiger partial charge in [0.15, 0.2) is 0 Å². The minimum Gasteiger partial charge on any atom is -0.480 e. The lowest BCUT2D eigenvalue weighted by molar-refractivity contribution is -0.135. The Morgan fingerprint density at radius 2 is 1.73 bits per heavy atom. The Bertz CT molecular complexity index is 794. The number of carboxylic acid groups (broad SMARTS) is 1. The second-order valence-corrected chi connectivity index (χ2v) is 6.99. The van der Waals surface area contributed by atoms with Gasteiger partial charge in [0.25, 0.3) is 10.0 Å². The smallest absolute Gasteiger partial charge is 0.324 e. The highest BCUT2D eigenvalue weighted by atomic mass is 35.5. The fourth-order valence-corrected chi connectivity index (χ4v) is 4.00. The molecule has 0 aliphatic heterocycles. The van der Waals surface area contributed by atoms with Crippen LogP contribution in [0.25, 0.3) is 0 Å². The van der Waals surface area contributed by atoms with Gasteiger partial charge in [-0.3, -0.25) is 9.10 Å². The second kappa shape index (κ2) is 6.56. The predicted molar refractivity (Wildman–Crippen MR) is 85.1 cm³/mol. The fourth-order valence-electron chi connectivity index (χ4n) is 1.84. The van der Waals surface area contributed by atoms with E-state index in [-0.39, 0.29) is 20.6 Å². The molecule has 0 heterocycles. The number of sulfonamides is 1. The van der Waals surface area contributed by atoms with Gasteiger partial charge in [-0.05, 0) is 30.3 Å². The highest BCUT2D eigenvalue weighted by Gasteiger charge is 2.29. The van der Waals surface area contributed by atoms with Crippen LogP contribution in [0.5, 0.6) is 0 Å². The van der Waals surface area contributed by atoms with Crippen LogP contribution in [-0.2, 0) is 14.8 Å². The average molecular weight is 360 g/mol. The lowest BCUT2D eigenvalue weighted by atomic mass is 10.3. The first-order valence-corrected chi connectivity index (χ1v) is 8.26. The van der Waals surface area contributed by atoms with Crippen LogP contribution in [-0.4, -0.2) is 26.0 Å². The molecule has 2 rings (SSSR count). The minimum absolute atomic E-state index is 0.0705. The third-order valence-electron chi connectivity index (χ3n) is 2.79. The molecule has 0 spiro atoms. The van der Waals surface area contributed by atoms with Crippen molar-refractivity contribution in [3.63, 3.8) is 0 Å². The molecule has 0 fully saturated rings. The monoisotopic (exact) mass is 359 g/mol. The number of hydrogen-bond donors (Lipinski definition) is 1. The summed E-state index contributed by atoms with van der Waals surface area (Å²) in [6, 6.07) is 11.9. The number of anilines is 1. The maximum Gasteiger partial charge on any atom is 0.324 e. The molecule has 0 amide bonds. The molecule has 0 atom stereocenters. The summed E-state index contributed by atoms with van der Waals surface area (Å²) < 4.78 is 26.3. The van der Waals surface area contributed by atoms with Crippen molar-refractivity contribution in [1.29, 1.82) is 0 Å². The van der Waals surface area contributed by atoms with Gasteiger partial charge in [-0.25, -0.2) is 8.42 Å². The summed E-state index contributed by atoms with van der Waals surface area (Å²) in [5, 5.41) is 9.22. The molecule has 0 aliphatic carbocycles. The van der Waals surface area contributed by atoms with E-state index >= 15 is 0 Å². The van der Waals surface area contributed by atoms with Crippen molar-refractivity contribution in [1.82, 2.24) is 0 Å². The summed E-state index contributed by atoms with van der Waals surface area (Å²) in [6.45, 7) is -0.717. The van der Waals surface area contributed by atoms with Gasteiger partial charge < -0.3 is 5.11 Å². The van der Waals surface area contributed by atoms with Crippen molar-refractivity contribution >= 4 is 44.9 Å². The summed E-state index contributed by atoms with van der Waals surface area (Å²) in [7, 11) is -4.13. The summed E-state index contributed by atoms with van der Waals surface area (Å²) in [5.41, 5.74) is 0.232. The van der Waals surface area contributed by atoms with Gasteiger partial charge >= 0.3 is 5.97 Å². The zero-order chi connectivity index (χ0) is 16.3. The maximum atomic E-state index is 12.7. The normalized spacial score (nSPS) is 11.2. The SMILES string of the molecule is O=C(O)CN(c1ccccc1)S(=O)(=O)c1ccc(Cl)cc1Cl. The number of carbonyl (C=O) groups is 1. The van der Waals surface area contributed by atoms with Crippen LogP contribution >= 0.6 is 23.2 Å². The third-order valence-corrected chi connectivity index (χ3v) is 5.28. The number of para-hydroxylation sites is 1. The van der Waals surface area contributed by atoms with E-state index in [1.54, 1.807) is 18.2 Å². The van der Waals surface area contributed by atoms with E-state index in [1.165, 1.54) is 30.3 Å². The first kappa shape index (κ1) is 16.6. The van der Waals surface area contributed by atoms with Crippen molar-refractivity contribution in [2.45, 2.75) is 4.90 Å². The highest BCUT2D eigenvalue weighted by Crippen LogP contribution is 2.30. The Labute approximate surface area is 137 Å². The number of carboxylic acids is 1. The number of rotatable bonds is 5. The second-order valence-electron chi connectivity index (χ2n) is 4.32. The van der Waals surface area contributed by atoms with Gasteiger partial charge in [0.2, 0.25) is 0 Å². The van der Waals surface area contributed by atoms with Crippen LogP contribution in [0.2, 0.25) is 10.0 Å². The van der Waals surface area contributed by atoms with Gasteiger partial charge in [-0.1, -0.05) is 41.4 Å². The standard InChI is InChI=1S/C14H11Cl2NO4S/c15-10-6-7-13(12(16)8-10)22(20,21)17(9-14(18)19)11-4-2-1-3-5-11/h1-8H,9H2,(H,18,19). The molecule has 8 heteroatoms. The summed E-state index contributed by atoms with van der Waals surface area (Å²) >= 11 is 11.7. The molecule has 22 heavy (non-hydrogen) atoms. The number of aliphatic carboxylic acids is 1. The van der Waals surface area contributed by atoms with E-state index in [0.29, 0.717) is 0 Å². The molecule has 0 unspecified atom stereocenters. The topological polar surface area (TPSA) is 74.7 Å². The van der Waals surface area contributed by atoms with E-state index in [1.807, 2.05) is 0 Å². The van der Waals surface area contributed by atoms with E-state index in [2.05, 4.69) is 0 Å². The van der Waals surface area contributed by atoms with Crippen LogP contribution in [0.4, 0.5) is 5.69 Å². The first-order chi connectivity index (χ1) is 10.3. The molecule has 5 nitrogen and oxygen atoms in total. The maximum absolute atomic E-state index is 12.7. The molecule has 1 N–H and O–H groups in total. The van der Waals surface area contributed by atoms with Crippen LogP contribution < -0.4 is 4.31 Å². The first-order valence-electron chi connectivity index (χ1n) is 6.07. The van der Waals surface area contributed by atoms with Gasteiger partial charge in [-0.2, -0.15) is 0 Å². The highest BCUT2D eigenvalue weighted by molar-refractivity contribution is 7.93. The molecule has 2 aromatic carbocycles. The molecule has 0 saturated heterocycles. The van der Waals surface area contributed by atoms with E-state index in [0.717, 1.165) is 4.31 Å².